The summed E-state index contributed by atoms with van der Waals surface area (Å²) in [5.74, 6) is 1.39. The number of nitrogens with two attached hydrogens (primary N) is 1. The van der Waals surface area contributed by atoms with E-state index in [0.29, 0.717) is 22.9 Å². The third-order valence-electron chi connectivity index (χ3n) is 7.09. The third kappa shape index (κ3) is 4.87. The zero-order valence-corrected chi connectivity index (χ0v) is 18.6. The first-order chi connectivity index (χ1) is 16.2. The lowest BCUT2D eigenvalue weighted by Gasteiger charge is -2.29. The Balaban J connectivity index is 1.28. The molecule has 0 saturated heterocycles. The number of hydrogen-bond acceptors (Lipinski definition) is 5. The highest BCUT2D eigenvalue weighted by molar-refractivity contribution is 5.77. The number of H-pyrrole nitrogens is 1. The minimum absolute atomic E-state index is 0.0108. The second-order valence-electron chi connectivity index (χ2n) is 9.16. The number of nitrogen functional groups attached to an aromatic ring is 1. The van der Waals surface area contributed by atoms with Crippen LogP contribution >= 0.6 is 0 Å². The van der Waals surface area contributed by atoms with Crippen LogP contribution in [0.3, 0.4) is 0 Å². The number of benzene rings is 1. The van der Waals surface area contributed by atoms with E-state index in [1.54, 1.807) is 12.3 Å². The molecule has 0 amide bonds. The molecular weight excluding hydrogens is 415 g/mol. The highest BCUT2D eigenvalue weighted by Crippen LogP contribution is 2.39. The maximum Gasteiger partial charge on any atom is 0.212 e. The number of anilines is 1. The Labute approximate surface area is 192 Å². The van der Waals surface area contributed by atoms with Crippen molar-refractivity contribution in [1.82, 2.24) is 25.4 Å². The van der Waals surface area contributed by atoms with E-state index in [4.69, 9.17) is 5.73 Å². The molecule has 0 spiro atoms. The lowest BCUT2D eigenvalue weighted by molar-refractivity contribution is 0.301. The van der Waals surface area contributed by atoms with Crippen LogP contribution in [-0.4, -0.2) is 25.4 Å². The van der Waals surface area contributed by atoms with Gasteiger partial charge >= 0.3 is 0 Å². The van der Waals surface area contributed by atoms with Gasteiger partial charge in [-0.3, -0.25) is 0 Å². The molecule has 170 valence electrons. The van der Waals surface area contributed by atoms with E-state index in [1.165, 1.54) is 43.7 Å². The molecule has 3 N–H and O–H groups in total. The van der Waals surface area contributed by atoms with E-state index in [2.05, 4.69) is 55.7 Å². The van der Waals surface area contributed by atoms with Crippen molar-refractivity contribution in [1.29, 1.82) is 0 Å². The summed E-state index contributed by atoms with van der Waals surface area (Å²) in [6.07, 6.45) is 9.88. The summed E-state index contributed by atoms with van der Waals surface area (Å²) in [6.45, 7) is 0. The second-order valence-corrected chi connectivity index (χ2v) is 9.16. The number of hydrogen-bond donors (Lipinski definition) is 2. The van der Waals surface area contributed by atoms with Crippen molar-refractivity contribution >= 4 is 17.0 Å². The Hall–Kier alpha value is -3.35. The Morgan fingerprint density at radius 3 is 2.61 bits per heavy atom. The van der Waals surface area contributed by atoms with Gasteiger partial charge in [-0.05, 0) is 72.8 Å². The molecule has 0 aliphatic heterocycles. The number of nitrogens with zero attached hydrogens (tertiary/aromatic N) is 4. The van der Waals surface area contributed by atoms with Gasteiger partial charge in [0.25, 0.3) is 0 Å². The largest absolute Gasteiger partial charge is 0.384 e. The SMILES string of the molecule is Nc1cc(C(CCCC2CCC(c3ccccc3)CC2)c2ccc(F)nc2)c2n[nH]nc2n1. The number of aromatic nitrogens is 5. The maximum atomic E-state index is 13.5. The molecule has 1 aromatic carbocycles. The Bertz CT molecular complexity index is 1180. The quantitative estimate of drug-likeness (QED) is 0.354. The van der Waals surface area contributed by atoms with Gasteiger partial charge in [-0.15, -0.1) is 5.10 Å². The highest BCUT2D eigenvalue weighted by atomic mass is 19.1. The average Bonchev–Trinajstić information content (AvgIpc) is 3.32. The first kappa shape index (κ1) is 21.5. The van der Waals surface area contributed by atoms with Crippen molar-refractivity contribution in [2.24, 2.45) is 5.92 Å². The van der Waals surface area contributed by atoms with Crippen LogP contribution in [0.15, 0.2) is 54.7 Å². The standard InChI is InChI=1S/C26H29FN6/c27-23-14-13-20(16-29-23)21(22-15-24(28)30-26-25(22)31-33-32-26)8-4-5-17-9-11-19(12-10-17)18-6-2-1-3-7-18/h1-3,6-7,13-17,19,21H,4-5,8-12H2,(H3,28,30,31,32,33). The van der Waals surface area contributed by atoms with Crippen molar-refractivity contribution in [2.75, 3.05) is 5.73 Å². The topological polar surface area (TPSA) is 93.4 Å². The lowest BCUT2D eigenvalue weighted by atomic mass is 9.76. The van der Waals surface area contributed by atoms with E-state index in [9.17, 15) is 4.39 Å². The fraction of sp³-hybridized carbons (Fsp3) is 0.385. The summed E-state index contributed by atoms with van der Waals surface area (Å²) < 4.78 is 13.5. The monoisotopic (exact) mass is 444 g/mol. The number of aromatic amines is 1. The predicted octanol–water partition coefficient (Wildman–Crippen LogP) is 5.75. The van der Waals surface area contributed by atoms with E-state index in [-0.39, 0.29) is 5.92 Å². The minimum Gasteiger partial charge on any atom is -0.384 e. The molecule has 1 aliphatic rings. The van der Waals surface area contributed by atoms with Gasteiger partial charge in [0.1, 0.15) is 11.3 Å². The molecule has 0 bridgehead atoms. The van der Waals surface area contributed by atoms with E-state index in [0.717, 1.165) is 29.9 Å². The van der Waals surface area contributed by atoms with Gasteiger partial charge < -0.3 is 5.73 Å². The average molecular weight is 445 g/mol. The maximum absolute atomic E-state index is 13.5. The van der Waals surface area contributed by atoms with Crippen molar-refractivity contribution in [2.45, 2.75) is 56.8 Å². The number of nitrogens with one attached hydrogen (secondary N) is 1. The zero-order chi connectivity index (χ0) is 22.6. The zero-order valence-electron chi connectivity index (χ0n) is 18.6. The van der Waals surface area contributed by atoms with Crippen LogP contribution in [-0.2, 0) is 0 Å². The molecule has 4 aromatic rings. The van der Waals surface area contributed by atoms with E-state index < -0.39 is 5.95 Å². The van der Waals surface area contributed by atoms with Crippen LogP contribution < -0.4 is 5.73 Å². The first-order valence-electron chi connectivity index (χ1n) is 11.8. The Morgan fingerprint density at radius 1 is 1.03 bits per heavy atom. The molecule has 0 radical (unpaired) electrons. The summed E-state index contributed by atoms with van der Waals surface area (Å²) in [6, 6.07) is 16.0. The fourth-order valence-corrected chi connectivity index (χ4v) is 5.36. The van der Waals surface area contributed by atoms with E-state index in [1.807, 2.05) is 6.07 Å². The molecule has 7 heteroatoms. The molecule has 1 unspecified atom stereocenters. The predicted molar refractivity (Wildman–Crippen MR) is 127 cm³/mol. The fourth-order valence-electron chi connectivity index (χ4n) is 5.36. The highest BCUT2D eigenvalue weighted by Gasteiger charge is 2.24. The lowest BCUT2D eigenvalue weighted by Crippen LogP contribution is -2.14. The summed E-state index contributed by atoms with van der Waals surface area (Å²) >= 11 is 0. The van der Waals surface area contributed by atoms with Crippen molar-refractivity contribution in [3.05, 3.63) is 77.4 Å². The smallest absolute Gasteiger partial charge is 0.212 e. The Kier molecular flexibility index (Phi) is 6.28. The molecule has 3 heterocycles. The van der Waals surface area contributed by atoms with Crippen LogP contribution in [0, 0.1) is 11.9 Å². The third-order valence-corrected chi connectivity index (χ3v) is 7.09. The number of halogens is 1. The number of fused-ring (bicyclic) bond motifs is 1. The summed E-state index contributed by atoms with van der Waals surface area (Å²) in [5.41, 5.74) is 10.7. The molecule has 1 saturated carbocycles. The molecule has 1 aliphatic carbocycles. The van der Waals surface area contributed by atoms with Crippen LogP contribution in [0.2, 0.25) is 0 Å². The van der Waals surface area contributed by atoms with Gasteiger partial charge in [0.15, 0.2) is 0 Å². The van der Waals surface area contributed by atoms with Gasteiger partial charge in [-0.25, -0.2) is 9.97 Å². The van der Waals surface area contributed by atoms with Gasteiger partial charge in [0.05, 0.1) is 0 Å². The summed E-state index contributed by atoms with van der Waals surface area (Å²) in [5, 5.41) is 11.1. The van der Waals surface area contributed by atoms with Gasteiger partial charge in [-0.1, -0.05) is 49.2 Å². The molecular formula is C26H29FN6. The Morgan fingerprint density at radius 2 is 1.85 bits per heavy atom. The summed E-state index contributed by atoms with van der Waals surface area (Å²) in [7, 11) is 0. The van der Waals surface area contributed by atoms with Crippen LogP contribution in [0.25, 0.3) is 11.2 Å². The minimum atomic E-state index is -0.478. The van der Waals surface area contributed by atoms with Crippen molar-refractivity contribution in [3.8, 4) is 0 Å². The number of rotatable bonds is 7. The van der Waals surface area contributed by atoms with Crippen LogP contribution in [0.4, 0.5) is 10.2 Å². The molecule has 1 atom stereocenters. The molecule has 6 nitrogen and oxygen atoms in total. The molecule has 1 fully saturated rings. The van der Waals surface area contributed by atoms with Gasteiger partial charge in [0, 0.05) is 12.1 Å². The first-order valence-corrected chi connectivity index (χ1v) is 11.8. The van der Waals surface area contributed by atoms with Crippen molar-refractivity contribution < 1.29 is 4.39 Å². The van der Waals surface area contributed by atoms with Crippen LogP contribution in [0.1, 0.15) is 73.5 Å². The summed E-state index contributed by atoms with van der Waals surface area (Å²) in [4.78, 5) is 8.16. The molecule has 5 rings (SSSR count). The second kappa shape index (κ2) is 9.65. The normalized spacial score (nSPS) is 19.5. The van der Waals surface area contributed by atoms with Crippen molar-refractivity contribution in [3.63, 3.8) is 0 Å². The molecule has 33 heavy (non-hydrogen) atoms. The van der Waals surface area contributed by atoms with Crippen LogP contribution in [0.5, 0.6) is 0 Å². The van der Waals surface area contributed by atoms with Gasteiger partial charge in [-0.2, -0.15) is 14.7 Å². The molecule has 3 aromatic heterocycles. The van der Waals surface area contributed by atoms with Gasteiger partial charge in [0.2, 0.25) is 11.6 Å². The van der Waals surface area contributed by atoms with E-state index >= 15 is 0 Å². The number of pyridine rings is 2.